The van der Waals surface area contributed by atoms with Gasteiger partial charge in [-0.15, -0.1) is 10.2 Å². The van der Waals surface area contributed by atoms with Gasteiger partial charge in [0.1, 0.15) is 17.5 Å². The molecule has 0 aliphatic carbocycles. The number of aromatic nitrogens is 3. The Morgan fingerprint density at radius 2 is 1.93 bits per heavy atom. The Labute approximate surface area is 166 Å². The molecular weight excluding hydrogens is 357 g/mol. The van der Waals surface area contributed by atoms with Gasteiger partial charge in [-0.05, 0) is 32.4 Å². The molecule has 1 aromatic carbocycles. The van der Waals surface area contributed by atoms with Crippen molar-refractivity contribution in [3.8, 4) is 0 Å². The standard InChI is InChI=1S/C21H30FN5O/c1-16-5-6-19(22)18(12-16)14-27-7-3-4-17(13-27)21-24-23-20(25(21)2)15-26-8-10-28-11-9-26/h5-6,12,17H,3-4,7-11,13-15H2,1-2H3. The Balaban J connectivity index is 1.42. The lowest BCUT2D eigenvalue weighted by atomic mass is 9.96. The average Bonchev–Trinajstić information content (AvgIpc) is 3.06. The Kier molecular flexibility index (Phi) is 6.04. The number of ether oxygens (including phenoxy) is 1. The SMILES string of the molecule is Cc1ccc(F)c(CN2CCCC(c3nnc(CN4CCOCC4)n3C)C2)c1. The fraction of sp³-hybridized carbons (Fsp3) is 0.619. The molecule has 2 saturated heterocycles. The number of benzene rings is 1. The number of hydrogen-bond acceptors (Lipinski definition) is 5. The topological polar surface area (TPSA) is 46.4 Å². The quantitative estimate of drug-likeness (QED) is 0.789. The van der Waals surface area contributed by atoms with Crippen LogP contribution in [0.4, 0.5) is 4.39 Å². The number of hydrogen-bond donors (Lipinski definition) is 0. The number of rotatable bonds is 5. The van der Waals surface area contributed by atoms with Gasteiger partial charge < -0.3 is 9.30 Å². The highest BCUT2D eigenvalue weighted by Crippen LogP contribution is 2.27. The highest BCUT2D eigenvalue weighted by molar-refractivity contribution is 5.24. The summed E-state index contributed by atoms with van der Waals surface area (Å²) in [5, 5.41) is 9.00. The Hall–Kier alpha value is -1.83. The van der Waals surface area contributed by atoms with E-state index in [1.165, 1.54) is 0 Å². The molecule has 0 bridgehead atoms. The van der Waals surface area contributed by atoms with Crippen LogP contribution in [0.1, 0.15) is 41.5 Å². The molecule has 6 nitrogen and oxygen atoms in total. The van der Waals surface area contributed by atoms with E-state index in [9.17, 15) is 4.39 Å². The number of halogens is 1. The van der Waals surface area contributed by atoms with Gasteiger partial charge in [0.2, 0.25) is 0 Å². The van der Waals surface area contributed by atoms with Gasteiger partial charge in [0.05, 0.1) is 19.8 Å². The first-order valence-corrected chi connectivity index (χ1v) is 10.3. The molecule has 0 N–H and O–H groups in total. The van der Waals surface area contributed by atoms with Crippen molar-refractivity contribution in [2.75, 3.05) is 39.4 Å². The molecule has 0 radical (unpaired) electrons. The summed E-state index contributed by atoms with van der Waals surface area (Å²) < 4.78 is 21.8. The van der Waals surface area contributed by atoms with Crippen LogP contribution in [0.25, 0.3) is 0 Å². The van der Waals surface area contributed by atoms with E-state index in [1.807, 2.05) is 19.1 Å². The second kappa shape index (κ2) is 8.68. The minimum Gasteiger partial charge on any atom is -0.379 e. The van der Waals surface area contributed by atoms with Gasteiger partial charge in [0.25, 0.3) is 0 Å². The maximum Gasteiger partial charge on any atom is 0.146 e. The first-order chi connectivity index (χ1) is 13.6. The van der Waals surface area contributed by atoms with Gasteiger partial charge >= 0.3 is 0 Å². The third kappa shape index (κ3) is 4.42. The lowest BCUT2D eigenvalue weighted by Gasteiger charge is -2.32. The molecule has 7 heteroatoms. The fourth-order valence-corrected chi connectivity index (χ4v) is 4.30. The highest BCUT2D eigenvalue weighted by atomic mass is 19.1. The van der Waals surface area contributed by atoms with Gasteiger partial charge in [0.15, 0.2) is 0 Å². The molecule has 3 heterocycles. The van der Waals surface area contributed by atoms with Crippen LogP contribution in [-0.2, 0) is 24.9 Å². The predicted octanol–water partition coefficient (Wildman–Crippen LogP) is 2.47. The summed E-state index contributed by atoms with van der Waals surface area (Å²) in [5.74, 6) is 2.30. The molecule has 1 atom stereocenters. The van der Waals surface area contributed by atoms with Crippen molar-refractivity contribution in [3.05, 3.63) is 46.8 Å². The van der Waals surface area contributed by atoms with E-state index in [0.717, 1.165) is 81.6 Å². The molecule has 152 valence electrons. The van der Waals surface area contributed by atoms with Gasteiger partial charge in [-0.25, -0.2) is 4.39 Å². The van der Waals surface area contributed by atoms with E-state index in [4.69, 9.17) is 4.74 Å². The molecule has 0 saturated carbocycles. The van der Waals surface area contributed by atoms with Crippen LogP contribution in [0.3, 0.4) is 0 Å². The van der Waals surface area contributed by atoms with Gasteiger partial charge in [0, 0.05) is 44.7 Å². The highest BCUT2D eigenvalue weighted by Gasteiger charge is 2.27. The second-order valence-electron chi connectivity index (χ2n) is 8.09. The summed E-state index contributed by atoms with van der Waals surface area (Å²) in [7, 11) is 2.07. The summed E-state index contributed by atoms with van der Waals surface area (Å²) in [6.45, 7) is 8.86. The third-order valence-corrected chi connectivity index (χ3v) is 5.93. The molecular formula is C21H30FN5O. The first-order valence-electron chi connectivity index (χ1n) is 10.3. The van der Waals surface area contributed by atoms with Crippen molar-refractivity contribution in [1.82, 2.24) is 24.6 Å². The molecule has 2 aliphatic heterocycles. The zero-order valence-electron chi connectivity index (χ0n) is 16.9. The van der Waals surface area contributed by atoms with E-state index in [1.54, 1.807) is 6.07 Å². The molecule has 2 aromatic rings. The predicted molar refractivity (Wildman–Crippen MR) is 105 cm³/mol. The van der Waals surface area contributed by atoms with Gasteiger partial charge in [-0.2, -0.15) is 0 Å². The Bertz CT molecular complexity index is 802. The summed E-state index contributed by atoms with van der Waals surface area (Å²) >= 11 is 0. The molecule has 4 rings (SSSR count). The fourth-order valence-electron chi connectivity index (χ4n) is 4.30. The Morgan fingerprint density at radius 1 is 1.11 bits per heavy atom. The lowest BCUT2D eigenvalue weighted by Crippen LogP contribution is -2.36. The molecule has 0 spiro atoms. The molecule has 0 amide bonds. The first kappa shape index (κ1) is 19.5. The summed E-state index contributed by atoms with van der Waals surface area (Å²) in [4.78, 5) is 4.72. The van der Waals surface area contributed by atoms with Crippen molar-refractivity contribution < 1.29 is 9.13 Å². The Morgan fingerprint density at radius 3 is 2.75 bits per heavy atom. The average molecular weight is 388 g/mol. The van der Waals surface area contributed by atoms with E-state index < -0.39 is 0 Å². The van der Waals surface area contributed by atoms with E-state index in [0.29, 0.717) is 12.5 Å². The lowest BCUT2D eigenvalue weighted by molar-refractivity contribution is 0.0326. The van der Waals surface area contributed by atoms with Crippen molar-refractivity contribution in [3.63, 3.8) is 0 Å². The van der Waals surface area contributed by atoms with Crippen LogP contribution in [0.15, 0.2) is 18.2 Å². The van der Waals surface area contributed by atoms with E-state index in [2.05, 4.69) is 31.6 Å². The maximum absolute atomic E-state index is 14.2. The molecule has 2 aliphatic rings. The number of nitrogens with zero attached hydrogens (tertiary/aromatic N) is 5. The van der Waals surface area contributed by atoms with Crippen LogP contribution in [-0.4, -0.2) is 64.0 Å². The van der Waals surface area contributed by atoms with Gasteiger partial charge in [-0.3, -0.25) is 9.80 Å². The summed E-state index contributed by atoms with van der Waals surface area (Å²) in [6, 6.07) is 5.36. The van der Waals surface area contributed by atoms with E-state index in [-0.39, 0.29) is 5.82 Å². The monoisotopic (exact) mass is 387 g/mol. The van der Waals surface area contributed by atoms with E-state index >= 15 is 0 Å². The van der Waals surface area contributed by atoms with Gasteiger partial charge in [-0.1, -0.05) is 17.7 Å². The number of aryl methyl sites for hydroxylation is 1. The summed E-state index contributed by atoms with van der Waals surface area (Å²) in [5.41, 5.74) is 1.89. The second-order valence-corrected chi connectivity index (χ2v) is 8.09. The summed E-state index contributed by atoms with van der Waals surface area (Å²) in [6.07, 6.45) is 2.21. The van der Waals surface area contributed by atoms with Crippen molar-refractivity contribution in [1.29, 1.82) is 0 Å². The number of piperidine rings is 1. The van der Waals surface area contributed by atoms with Crippen molar-refractivity contribution in [2.24, 2.45) is 7.05 Å². The van der Waals surface area contributed by atoms with Crippen LogP contribution < -0.4 is 0 Å². The molecule has 1 aromatic heterocycles. The minimum atomic E-state index is -0.112. The van der Waals surface area contributed by atoms with Crippen molar-refractivity contribution in [2.45, 2.75) is 38.8 Å². The van der Waals surface area contributed by atoms with Crippen molar-refractivity contribution >= 4 is 0 Å². The smallest absolute Gasteiger partial charge is 0.146 e. The third-order valence-electron chi connectivity index (χ3n) is 5.93. The molecule has 2 fully saturated rings. The number of likely N-dealkylation sites (tertiary alicyclic amines) is 1. The minimum absolute atomic E-state index is 0.112. The number of morpholine rings is 1. The normalized spacial score (nSPS) is 21.9. The van der Waals surface area contributed by atoms with Crippen LogP contribution in [0.2, 0.25) is 0 Å². The zero-order valence-corrected chi connectivity index (χ0v) is 16.9. The van der Waals surface area contributed by atoms with Crippen LogP contribution in [0.5, 0.6) is 0 Å². The largest absolute Gasteiger partial charge is 0.379 e. The maximum atomic E-state index is 14.2. The zero-order chi connectivity index (χ0) is 19.5. The molecule has 1 unspecified atom stereocenters. The van der Waals surface area contributed by atoms with Crippen LogP contribution >= 0.6 is 0 Å². The van der Waals surface area contributed by atoms with Crippen LogP contribution in [0, 0.1) is 12.7 Å². The molecule has 28 heavy (non-hydrogen) atoms.